The van der Waals surface area contributed by atoms with Gasteiger partial charge in [-0.05, 0) is 36.8 Å². The standard InChI is InChI=1S/C36H28ClNO5/c1-20-8-10-21(11-9-20)33(39)32-31(27-15-14-24(42-2)19-29(27)43-3)36(34(40)25-6-4-5-7-26(25)35(36)41)30-17-12-22-18-23(37)13-16-28(22)38(30)32/h4-19,30-32H,1-3H3/t30?,31-,32+/m0/s1. The smallest absolute Gasteiger partial charge is 0.185 e. The van der Waals surface area contributed by atoms with Gasteiger partial charge in [0.1, 0.15) is 23.0 Å². The van der Waals surface area contributed by atoms with Crippen molar-refractivity contribution in [1.82, 2.24) is 0 Å². The van der Waals surface area contributed by atoms with E-state index in [0.29, 0.717) is 38.8 Å². The average Bonchev–Trinajstić information content (AvgIpc) is 3.46. The van der Waals surface area contributed by atoms with Crippen LogP contribution in [-0.4, -0.2) is 43.7 Å². The lowest BCUT2D eigenvalue weighted by Gasteiger charge is -2.37. The van der Waals surface area contributed by atoms with Crippen LogP contribution in [0.4, 0.5) is 5.69 Å². The summed E-state index contributed by atoms with van der Waals surface area (Å²) in [6, 6.07) is 23.4. The molecule has 4 aromatic carbocycles. The summed E-state index contributed by atoms with van der Waals surface area (Å²) in [7, 11) is 3.09. The van der Waals surface area contributed by atoms with Crippen LogP contribution in [0.3, 0.4) is 0 Å². The molecule has 7 heteroatoms. The number of nitrogens with zero attached hydrogens (tertiary/aromatic N) is 1. The van der Waals surface area contributed by atoms with Crippen LogP contribution in [-0.2, 0) is 0 Å². The fraction of sp³-hybridized carbons (Fsp3) is 0.194. The van der Waals surface area contributed by atoms with Gasteiger partial charge in [0.25, 0.3) is 0 Å². The molecule has 7 rings (SSSR count). The van der Waals surface area contributed by atoms with E-state index < -0.39 is 23.4 Å². The number of benzene rings is 4. The molecule has 1 aliphatic carbocycles. The second-order valence-electron chi connectivity index (χ2n) is 11.2. The molecule has 1 unspecified atom stereocenters. The Morgan fingerprint density at radius 3 is 2.21 bits per heavy atom. The van der Waals surface area contributed by atoms with Crippen LogP contribution >= 0.6 is 11.6 Å². The molecule has 4 aromatic rings. The van der Waals surface area contributed by atoms with Crippen molar-refractivity contribution in [1.29, 1.82) is 0 Å². The van der Waals surface area contributed by atoms with Gasteiger partial charge < -0.3 is 14.4 Å². The Morgan fingerprint density at radius 2 is 1.56 bits per heavy atom. The number of aryl methyl sites for hydroxylation is 1. The van der Waals surface area contributed by atoms with Crippen LogP contribution in [0.5, 0.6) is 11.5 Å². The van der Waals surface area contributed by atoms with E-state index in [2.05, 4.69) is 0 Å². The largest absolute Gasteiger partial charge is 0.497 e. The van der Waals surface area contributed by atoms with E-state index >= 15 is 0 Å². The second kappa shape index (κ2) is 9.96. The van der Waals surface area contributed by atoms with Gasteiger partial charge in [0.2, 0.25) is 0 Å². The number of hydrogen-bond acceptors (Lipinski definition) is 6. The molecule has 3 atom stereocenters. The van der Waals surface area contributed by atoms with E-state index in [1.165, 1.54) is 7.11 Å². The highest BCUT2D eigenvalue weighted by Gasteiger charge is 2.72. The Labute approximate surface area is 254 Å². The van der Waals surface area contributed by atoms with Gasteiger partial charge in [-0.15, -0.1) is 0 Å². The van der Waals surface area contributed by atoms with Crippen LogP contribution in [0.2, 0.25) is 5.02 Å². The minimum absolute atomic E-state index is 0.197. The minimum Gasteiger partial charge on any atom is -0.497 e. The predicted octanol–water partition coefficient (Wildman–Crippen LogP) is 6.98. The third-order valence-electron chi connectivity index (χ3n) is 9.15. The molecule has 0 saturated carbocycles. The molecule has 6 nitrogen and oxygen atoms in total. The Balaban J connectivity index is 1.57. The lowest BCUT2D eigenvalue weighted by Crippen LogP contribution is -2.48. The second-order valence-corrected chi connectivity index (χ2v) is 11.7. The van der Waals surface area contributed by atoms with E-state index in [9.17, 15) is 14.4 Å². The van der Waals surface area contributed by atoms with Crippen LogP contribution in [0.25, 0.3) is 6.08 Å². The highest BCUT2D eigenvalue weighted by molar-refractivity contribution is 6.33. The lowest BCUT2D eigenvalue weighted by molar-refractivity contribution is 0.0665. The quantitative estimate of drug-likeness (QED) is 0.185. The monoisotopic (exact) mass is 589 g/mol. The maximum Gasteiger partial charge on any atom is 0.185 e. The van der Waals surface area contributed by atoms with Crippen molar-refractivity contribution in [2.75, 3.05) is 19.1 Å². The third kappa shape index (κ3) is 3.76. The van der Waals surface area contributed by atoms with Crippen molar-refractivity contribution in [3.63, 3.8) is 0 Å². The molecule has 43 heavy (non-hydrogen) atoms. The number of carbonyl (C=O) groups excluding carboxylic acids is 3. The summed E-state index contributed by atoms with van der Waals surface area (Å²) in [5, 5.41) is 0.547. The van der Waals surface area contributed by atoms with Gasteiger partial charge in [-0.1, -0.05) is 83.9 Å². The van der Waals surface area contributed by atoms with Crippen LogP contribution in [0.15, 0.2) is 91.0 Å². The van der Waals surface area contributed by atoms with Gasteiger partial charge >= 0.3 is 0 Å². The highest BCUT2D eigenvalue weighted by atomic mass is 35.5. The summed E-state index contributed by atoms with van der Waals surface area (Å²) < 4.78 is 11.3. The number of ether oxygens (including phenoxy) is 2. The fourth-order valence-corrected chi connectivity index (χ4v) is 7.44. The first-order chi connectivity index (χ1) is 20.8. The lowest BCUT2D eigenvalue weighted by atomic mass is 9.64. The molecule has 0 N–H and O–H groups in total. The summed E-state index contributed by atoms with van der Waals surface area (Å²) in [6.45, 7) is 1.96. The normalized spacial score (nSPS) is 21.0. The van der Waals surface area contributed by atoms with Crippen LogP contribution in [0, 0.1) is 12.3 Å². The SMILES string of the molecule is COc1ccc([C@H]2[C@H](C(=O)c3ccc(C)cc3)N3c4ccc(Cl)cc4C=CC3C23C(=O)c2ccccc2C3=O)c(OC)c1. The molecule has 1 saturated heterocycles. The molecule has 214 valence electrons. The zero-order valence-electron chi connectivity index (χ0n) is 23.8. The number of Topliss-reactive ketones (excluding diaryl/α,β-unsaturated/α-hetero) is 3. The molecule has 2 aliphatic heterocycles. The first-order valence-electron chi connectivity index (χ1n) is 14.1. The van der Waals surface area contributed by atoms with Crippen molar-refractivity contribution >= 4 is 40.7 Å². The number of anilines is 1. The molecule has 2 heterocycles. The first-order valence-corrected chi connectivity index (χ1v) is 14.5. The van der Waals surface area contributed by atoms with Crippen molar-refractivity contribution in [2.45, 2.75) is 24.9 Å². The number of halogens is 1. The molecule has 1 spiro atoms. The highest BCUT2D eigenvalue weighted by Crippen LogP contribution is 2.62. The van der Waals surface area contributed by atoms with E-state index in [4.69, 9.17) is 21.1 Å². The first kappa shape index (κ1) is 27.2. The third-order valence-corrected chi connectivity index (χ3v) is 9.38. The summed E-state index contributed by atoms with van der Waals surface area (Å²) >= 11 is 6.39. The van der Waals surface area contributed by atoms with Crippen molar-refractivity contribution in [2.24, 2.45) is 5.41 Å². The maximum atomic E-state index is 14.8. The van der Waals surface area contributed by atoms with Gasteiger partial charge in [0.05, 0.1) is 20.3 Å². The number of fused-ring (bicyclic) bond motifs is 5. The molecule has 1 fully saturated rings. The molecule has 0 amide bonds. The van der Waals surface area contributed by atoms with Crippen molar-refractivity contribution in [3.8, 4) is 11.5 Å². The maximum absolute atomic E-state index is 14.8. The predicted molar refractivity (Wildman–Crippen MR) is 166 cm³/mol. The molecule has 3 aliphatic rings. The molecule has 0 bridgehead atoms. The Kier molecular flexibility index (Phi) is 6.29. The van der Waals surface area contributed by atoms with Crippen molar-refractivity contribution in [3.05, 3.63) is 129 Å². The Morgan fingerprint density at radius 1 is 0.860 bits per heavy atom. The Hall–Kier alpha value is -4.68. The summed E-state index contributed by atoms with van der Waals surface area (Å²) in [5.41, 5.74) is 2.72. The Bertz CT molecular complexity index is 1830. The molecule has 0 radical (unpaired) electrons. The summed E-state index contributed by atoms with van der Waals surface area (Å²) in [6.07, 6.45) is 3.78. The van der Waals surface area contributed by atoms with E-state index in [1.54, 1.807) is 61.7 Å². The summed E-state index contributed by atoms with van der Waals surface area (Å²) in [5.74, 6) is -0.705. The fourth-order valence-electron chi connectivity index (χ4n) is 7.26. The topological polar surface area (TPSA) is 72.9 Å². The van der Waals surface area contributed by atoms with Crippen molar-refractivity contribution < 1.29 is 23.9 Å². The number of hydrogen-bond donors (Lipinski definition) is 0. The van der Waals surface area contributed by atoms with Gasteiger partial charge in [0, 0.05) is 44.9 Å². The van der Waals surface area contributed by atoms with Crippen LogP contribution < -0.4 is 14.4 Å². The van der Waals surface area contributed by atoms with Gasteiger partial charge in [-0.25, -0.2) is 0 Å². The van der Waals surface area contributed by atoms with E-state index in [1.807, 2.05) is 54.3 Å². The van der Waals surface area contributed by atoms with Gasteiger partial charge in [-0.2, -0.15) is 0 Å². The minimum atomic E-state index is -1.63. The molecule has 0 aromatic heterocycles. The van der Waals surface area contributed by atoms with E-state index in [-0.39, 0.29) is 17.3 Å². The summed E-state index contributed by atoms with van der Waals surface area (Å²) in [4.78, 5) is 46.5. The molecular weight excluding hydrogens is 562 g/mol. The van der Waals surface area contributed by atoms with Gasteiger partial charge in [0.15, 0.2) is 17.3 Å². The van der Waals surface area contributed by atoms with Crippen LogP contribution in [0.1, 0.15) is 53.7 Å². The molecular formula is C36H28ClNO5. The van der Waals surface area contributed by atoms with Gasteiger partial charge in [-0.3, -0.25) is 14.4 Å². The number of ketones is 3. The number of carbonyl (C=O) groups is 3. The number of methoxy groups -OCH3 is 2. The average molecular weight is 590 g/mol. The number of rotatable bonds is 5. The zero-order chi connectivity index (χ0) is 30.0. The zero-order valence-corrected chi connectivity index (χ0v) is 24.6. The van der Waals surface area contributed by atoms with E-state index in [0.717, 1.165) is 16.8 Å².